The first-order valence-corrected chi connectivity index (χ1v) is 11.5. The van der Waals surface area contributed by atoms with E-state index in [0.717, 1.165) is 36.7 Å². The minimum atomic E-state index is -3.46. The van der Waals surface area contributed by atoms with Gasteiger partial charge in [-0.2, -0.15) is 4.31 Å². The first-order valence-electron chi connectivity index (χ1n) is 10.1. The molecule has 0 spiro atoms. The third-order valence-electron chi connectivity index (χ3n) is 5.50. The van der Waals surface area contributed by atoms with Crippen LogP contribution in [0.3, 0.4) is 0 Å². The lowest BCUT2D eigenvalue weighted by atomic mass is 10.2. The van der Waals surface area contributed by atoms with Gasteiger partial charge in [-0.05, 0) is 36.2 Å². The molecule has 2 aliphatic rings. The summed E-state index contributed by atoms with van der Waals surface area (Å²) in [5.41, 5.74) is 1.13. The number of ether oxygens (including phenoxy) is 1. The van der Waals surface area contributed by atoms with Crippen molar-refractivity contribution in [3.63, 3.8) is 0 Å². The van der Waals surface area contributed by atoms with Crippen LogP contribution in [0.5, 0.6) is 0 Å². The van der Waals surface area contributed by atoms with Gasteiger partial charge in [0.2, 0.25) is 10.0 Å². The SMILES string of the molecule is CCc1ccc(S(=O)(=O)N2CCN(c3ccc(N4CCOCC4)nn3)CC2)cc1. The van der Waals surface area contributed by atoms with Gasteiger partial charge in [0.15, 0.2) is 11.6 Å². The molecule has 0 atom stereocenters. The van der Waals surface area contributed by atoms with Crippen molar-refractivity contribution in [2.45, 2.75) is 18.2 Å². The monoisotopic (exact) mass is 417 g/mol. The van der Waals surface area contributed by atoms with Crippen molar-refractivity contribution in [1.82, 2.24) is 14.5 Å². The summed E-state index contributed by atoms with van der Waals surface area (Å²) in [5, 5.41) is 8.72. The first-order chi connectivity index (χ1) is 14.1. The maximum atomic E-state index is 12.9. The number of aromatic nitrogens is 2. The van der Waals surface area contributed by atoms with Crippen molar-refractivity contribution in [2.75, 3.05) is 62.3 Å². The molecule has 2 fully saturated rings. The summed E-state index contributed by atoms with van der Waals surface area (Å²) in [6, 6.07) is 11.1. The zero-order valence-corrected chi connectivity index (χ0v) is 17.5. The van der Waals surface area contributed by atoms with Gasteiger partial charge in [0, 0.05) is 39.3 Å². The normalized spacial score (nSPS) is 18.8. The molecule has 0 radical (unpaired) electrons. The molecular weight excluding hydrogens is 390 g/mol. The number of nitrogens with zero attached hydrogens (tertiary/aromatic N) is 5. The van der Waals surface area contributed by atoms with Crippen molar-refractivity contribution < 1.29 is 13.2 Å². The van der Waals surface area contributed by atoms with E-state index < -0.39 is 10.0 Å². The van der Waals surface area contributed by atoms with Gasteiger partial charge in [-0.15, -0.1) is 10.2 Å². The van der Waals surface area contributed by atoms with Crippen LogP contribution in [0.2, 0.25) is 0 Å². The molecule has 4 rings (SSSR count). The van der Waals surface area contributed by atoms with Crippen LogP contribution >= 0.6 is 0 Å². The predicted octanol–water partition coefficient (Wildman–Crippen LogP) is 1.39. The molecule has 156 valence electrons. The zero-order chi connectivity index (χ0) is 20.3. The molecule has 0 amide bonds. The van der Waals surface area contributed by atoms with Crippen LogP contribution in [0.25, 0.3) is 0 Å². The first kappa shape index (κ1) is 20.1. The molecule has 8 nitrogen and oxygen atoms in total. The molecule has 0 unspecified atom stereocenters. The number of aryl methyl sites for hydroxylation is 1. The number of hydrogen-bond donors (Lipinski definition) is 0. The van der Waals surface area contributed by atoms with Gasteiger partial charge in [-0.3, -0.25) is 0 Å². The van der Waals surface area contributed by atoms with Gasteiger partial charge in [0.25, 0.3) is 0 Å². The van der Waals surface area contributed by atoms with E-state index in [1.807, 2.05) is 24.3 Å². The van der Waals surface area contributed by atoms with E-state index in [0.29, 0.717) is 44.3 Å². The average molecular weight is 418 g/mol. The topological polar surface area (TPSA) is 78.9 Å². The van der Waals surface area contributed by atoms with E-state index in [1.165, 1.54) is 0 Å². The van der Waals surface area contributed by atoms with Crippen molar-refractivity contribution >= 4 is 21.7 Å². The summed E-state index contributed by atoms with van der Waals surface area (Å²) < 4.78 is 32.8. The molecule has 0 bridgehead atoms. The molecule has 0 N–H and O–H groups in total. The smallest absolute Gasteiger partial charge is 0.243 e. The number of piperazine rings is 1. The molecule has 9 heteroatoms. The highest BCUT2D eigenvalue weighted by Gasteiger charge is 2.29. The van der Waals surface area contributed by atoms with Crippen LogP contribution in [0.1, 0.15) is 12.5 Å². The summed E-state index contributed by atoms with van der Waals surface area (Å²) in [6.45, 7) is 7.18. The number of morpholine rings is 1. The molecule has 3 heterocycles. The van der Waals surface area contributed by atoms with Crippen molar-refractivity contribution in [2.24, 2.45) is 0 Å². The summed E-state index contributed by atoms with van der Waals surface area (Å²) >= 11 is 0. The Balaban J connectivity index is 1.38. The Morgan fingerprint density at radius 1 is 0.828 bits per heavy atom. The highest BCUT2D eigenvalue weighted by molar-refractivity contribution is 7.89. The van der Waals surface area contributed by atoms with Crippen LogP contribution < -0.4 is 9.80 Å². The largest absolute Gasteiger partial charge is 0.378 e. The molecule has 0 aliphatic carbocycles. The van der Waals surface area contributed by atoms with Crippen molar-refractivity contribution in [1.29, 1.82) is 0 Å². The molecular formula is C20H27N5O3S. The van der Waals surface area contributed by atoms with Gasteiger partial charge >= 0.3 is 0 Å². The number of anilines is 2. The Labute approximate surface area is 172 Å². The maximum absolute atomic E-state index is 12.9. The average Bonchev–Trinajstić information content (AvgIpc) is 2.80. The molecule has 2 aromatic rings. The quantitative estimate of drug-likeness (QED) is 0.727. The Bertz CT molecular complexity index is 904. The van der Waals surface area contributed by atoms with E-state index in [2.05, 4.69) is 26.9 Å². The molecule has 1 aromatic carbocycles. The Kier molecular flexibility index (Phi) is 5.98. The summed E-state index contributed by atoms with van der Waals surface area (Å²) in [7, 11) is -3.46. The lowest BCUT2D eigenvalue weighted by Crippen LogP contribution is -2.49. The Hall–Kier alpha value is -2.23. The second-order valence-electron chi connectivity index (χ2n) is 7.24. The highest BCUT2D eigenvalue weighted by atomic mass is 32.2. The predicted molar refractivity (Wildman–Crippen MR) is 112 cm³/mol. The number of hydrogen-bond acceptors (Lipinski definition) is 7. The molecule has 2 aliphatic heterocycles. The van der Waals surface area contributed by atoms with E-state index in [1.54, 1.807) is 16.4 Å². The Morgan fingerprint density at radius 3 is 1.90 bits per heavy atom. The second-order valence-corrected chi connectivity index (χ2v) is 9.18. The summed E-state index contributed by atoms with van der Waals surface area (Å²) in [4.78, 5) is 4.61. The standard InChI is InChI=1S/C20H27N5O3S/c1-2-17-3-5-18(6-4-17)29(26,27)25-11-9-23(10-12-25)19-7-8-20(22-21-19)24-13-15-28-16-14-24/h3-8H,2,9-16H2,1H3. The third kappa shape index (κ3) is 4.36. The minimum Gasteiger partial charge on any atom is -0.378 e. The molecule has 29 heavy (non-hydrogen) atoms. The van der Waals surface area contributed by atoms with Crippen LogP contribution in [0.4, 0.5) is 11.6 Å². The van der Waals surface area contributed by atoms with Gasteiger partial charge < -0.3 is 14.5 Å². The van der Waals surface area contributed by atoms with Gasteiger partial charge in [-0.25, -0.2) is 8.42 Å². The molecule has 0 saturated carbocycles. The van der Waals surface area contributed by atoms with Crippen molar-refractivity contribution in [3.8, 4) is 0 Å². The van der Waals surface area contributed by atoms with Gasteiger partial charge in [-0.1, -0.05) is 19.1 Å². The number of benzene rings is 1. The Morgan fingerprint density at radius 2 is 1.38 bits per heavy atom. The van der Waals surface area contributed by atoms with E-state index in [4.69, 9.17) is 4.74 Å². The van der Waals surface area contributed by atoms with Crippen LogP contribution in [0.15, 0.2) is 41.3 Å². The zero-order valence-electron chi connectivity index (χ0n) is 16.7. The maximum Gasteiger partial charge on any atom is 0.243 e. The summed E-state index contributed by atoms with van der Waals surface area (Å²) in [6.07, 6.45) is 0.893. The van der Waals surface area contributed by atoms with Gasteiger partial charge in [0.05, 0.1) is 18.1 Å². The van der Waals surface area contributed by atoms with E-state index >= 15 is 0 Å². The molecule has 2 saturated heterocycles. The lowest BCUT2D eigenvalue weighted by molar-refractivity contribution is 0.122. The van der Waals surface area contributed by atoms with Crippen LogP contribution in [-0.4, -0.2) is 75.4 Å². The third-order valence-corrected chi connectivity index (χ3v) is 7.42. The minimum absolute atomic E-state index is 0.359. The van der Waals surface area contributed by atoms with E-state index in [9.17, 15) is 8.42 Å². The second kappa shape index (κ2) is 8.64. The van der Waals surface area contributed by atoms with E-state index in [-0.39, 0.29) is 0 Å². The molecule has 1 aromatic heterocycles. The number of sulfonamides is 1. The fourth-order valence-corrected chi connectivity index (χ4v) is 5.07. The number of rotatable bonds is 5. The van der Waals surface area contributed by atoms with Crippen LogP contribution in [0, 0.1) is 0 Å². The fraction of sp³-hybridized carbons (Fsp3) is 0.500. The van der Waals surface area contributed by atoms with Gasteiger partial charge in [0.1, 0.15) is 0 Å². The lowest BCUT2D eigenvalue weighted by Gasteiger charge is -2.34. The van der Waals surface area contributed by atoms with Crippen LogP contribution in [-0.2, 0) is 21.2 Å². The van der Waals surface area contributed by atoms with Crippen molar-refractivity contribution in [3.05, 3.63) is 42.0 Å². The fourth-order valence-electron chi connectivity index (χ4n) is 3.65. The summed E-state index contributed by atoms with van der Waals surface area (Å²) in [5.74, 6) is 1.64. The highest BCUT2D eigenvalue weighted by Crippen LogP contribution is 2.21.